The smallest absolute Gasteiger partial charge is 0.124 e. The van der Waals surface area contributed by atoms with Crippen molar-refractivity contribution in [2.75, 3.05) is 5.32 Å². The van der Waals surface area contributed by atoms with Gasteiger partial charge in [-0.1, -0.05) is 33.6 Å². The molecule has 19 heavy (non-hydrogen) atoms. The van der Waals surface area contributed by atoms with Crippen molar-refractivity contribution in [2.45, 2.75) is 19.9 Å². The summed E-state index contributed by atoms with van der Waals surface area (Å²) in [4.78, 5) is 0. The quantitative estimate of drug-likeness (QED) is 0.752. The molecule has 0 heterocycles. The van der Waals surface area contributed by atoms with Crippen LogP contribution >= 0.6 is 27.5 Å². The third kappa shape index (κ3) is 3.48. The van der Waals surface area contributed by atoms with Crippen LogP contribution in [0.3, 0.4) is 0 Å². The van der Waals surface area contributed by atoms with Crippen molar-refractivity contribution in [3.8, 4) is 0 Å². The summed E-state index contributed by atoms with van der Waals surface area (Å²) in [5.74, 6) is -0.245. The Bertz CT molecular complexity index is 601. The van der Waals surface area contributed by atoms with Gasteiger partial charge in [-0.2, -0.15) is 0 Å². The molecule has 0 aliphatic carbocycles. The Labute approximate surface area is 125 Å². The molecule has 100 valence electrons. The zero-order chi connectivity index (χ0) is 14.0. The first-order valence-corrected chi connectivity index (χ1v) is 7.12. The number of benzene rings is 2. The number of nitrogens with one attached hydrogen (secondary N) is 1. The number of aryl methyl sites for hydroxylation is 1. The first-order chi connectivity index (χ1) is 8.97. The lowest BCUT2D eigenvalue weighted by Gasteiger charge is -2.19. The molecule has 1 nitrogen and oxygen atoms in total. The normalized spacial score (nSPS) is 12.3. The lowest BCUT2D eigenvalue weighted by Crippen LogP contribution is -2.08. The monoisotopic (exact) mass is 341 g/mol. The third-order valence-electron chi connectivity index (χ3n) is 2.99. The van der Waals surface area contributed by atoms with Crippen LogP contribution in [0.5, 0.6) is 0 Å². The summed E-state index contributed by atoms with van der Waals surface area (Å²) in [6, 6.07) is 10.5. The molecule has 0 fully saturated rings. The highest BCUT2D eigenvalue weighted by molar-refractivity contribution is 9.10. The minimum atomic E-state index is -0.245. The van der Waals surface area contributed by atoms with Gasteiger partial charge in [-0.05, 0) is 55.3 Å². The number of halogens is 3. The molecule has 0 saturated heterocycles. The minimum absolute atomic E-state index is 0.0647. The third-order valence-corrected chi connectivity index (χ3v) is 3.91. The zero-order valence-corrected chi connectivity index (χ0v) is 13.0. The summed E-state index contributed by atoms with van der Waals surface area (Å²) in [7, 11) is 0. The van der Waals surface area contributed by atoms with E-state index in [1.54, 1.807) is 6.07 Å². The van der Waals surface area contributed by atoms with E-state index in [-0.39, 0.29) is 11.9 Å². The molecule has 0 spiro atoms. The molecule has 0 amide bonds. The maximum absolute atomic E-state index is 13.1. The highest BCUT2D eigenvalue weighted by Crippen LogP contribution is 2.29. The van der Waals surface area contributed by atoms with E-state index >= 15 is 0 Å². The fraction of sp³-hybridized carbons (Fsp3) is 0.200. The Morgan fingerprint density at radius 1 is 1.21 bits per heavy atom. The molecule has 0 saturated carbocycles. The molecule has 1 N–H and O–H groups in total. The van der Waals surface area contributed by atoms with Crippen LogP contribution in [0, 0.1) is 12.7 Å². The molecular weight excluding hydrogens is 329 g/mol. The Morgan fingerprint density at radius 3 is 2.58 bits per heavy atom. The molecule has 2 rings (SSSR count). The fourth-order valence-corrected chi connectivity index (χ4v) is 2.87. The van der Waals surface area contributed by atoms with Crippen LogP contribution in [0.2, 0.25) is 5.02 Å². The fourth-order valence-electron chi connectivity index (χ4n) is 1.95. The summed E-state index contributed by atoms with van der Waals surface area (Å²) in [5, 5.41) is 4.12. The van der Waals surface area contributed by atoms with Gasteiger partial charge in [0.1, 0.15) is 5.82 Å². The summed E-state index contributed by atoms with van der Waals surface area (Å²) < 4.78 is 13.8. The first kappa shape index (κ1) is 14.4. The number of anilines is 1. The molecule has 1 atom stereocenters. The van der Waals surface area contributed by atoms with Gasteiger partial charge in [-0.15, -0.1) is 0 Å². The lowest BCUT2D eigenvalue weighted by atomic mass is 10.1. The highest BCUT2D eigenvalue weighted by atomic mass is 79.9. The Morgan fingerprint density at radius 2 is 1.95 bits per heavy atom. The van der Waals surface area contributed by atoms with Crippen LogP contribution in [0.25, 0.3) is 0 Å². The SMILES string of the molecule is Cc1cc(Cl)ccc1NC(C)c1ccc(F)cc1Br. The average Bonchev–Trinajstić information content (AvgIpc) is 2.32. The molecule has 0 bridgehead atoms. The van der Waals surface area contributed by atoms with Gasteiger partial charge in [0, 0.05) is 21.2 Å². The predicted molar refractivity (Wildman–Crippen MR) is 82.3 cm³/mol. The van der Waals surface area contributed by atoms with E-state index in [9.17, 15) is 4.39 Å². The van der Waals surface area contributed by atoms with Gasteiger partial charge >= 0.3 is 0 Å². The largest absolute Gasteiger partial charge is 0.378 e. The first-order valence-electron chi connectivity index (χ1n) is 5.95. The number of hydrogen-bond acceptors (Lipinski definition) is 1. The van der Waals surface area contributed by atoms with Crippen LogP contribution in [0.1, 0.15) is 24.1 Å². The highest BCUT2D eigenvalue weighted by Gasteiger charge is 2.11. The van der Waals surface area contributed by atoms with Crippen molar-refractivity contribution in [1.82, 2.24) is 0 Å². The van der Waals surface area contributed by atoms with Crippen molar-refractivity contribution in [2.24, 2.45) is 0 Å². The van der Waals surface area contributed by atoms with Crippen LogP contribution < -0.4 is 5.32 Å². The number of rotatable bonds is 3. The molecular formula is C15H14BrClFN. The van der Waals surface area contributed by atoms with Gasteiger partial charge < -0.3 is 5.32 Å². The standard InChI is InChI=1S/C15H14BrClFN/c1-9-7-11(17)3-6-15(9)19-10(2)13-5-4-12(18)8-14(13)16/h3-8,10,19H,1-2H3. The molecule has 0 aliphatic heterocycles. The maximum atomic E-state index is 13.1. The van der Waals surface area contributed by atoms with E-state index in [4.69, 9.17) is 11.6 Å². The van der Waals surface area contributed by atoms with Crippen molar-refractivity contribution in [3.63, 3.8) is 0 Å². The number of hydrogen-bond donors (Lipinski definition) is 1. The topological polar surface area (TPSA) is 12.0 Å². The predicted octanol–water partition coefficient (Wildman–Crippen LogP) is 5.72. The Kier molecular flexibility index (Phi) is 4.48. The Balaban J connectivity index is 2.23. The molecule has 2 aromatic rings. The summed E-state index contributed by atoms with van der Waals surface area (Å²) in [6.45, 7) is 4.03. The minimum Gasteiger partial charge on any atom is -0.378 e. The molecule has 0 aromatic heterocycles. The summed E-state index contributed by atoms with van der Waals surface area (Å²) in [5.41, 5.74) is 3.11. The van der Waals surface area contributed by atoms with Gasteiger partial charge in [-0.3, -0.25) is 0 Å². The van der Waals surface area contributed by atoms with E-state index < -0.39 is 0 Å². The van der Waals surface area contributed by atoms with Gasteiger partial charge in [0.25, 0.3) is 0 Å². The van der Waals surface area contributed by atoms with Gasteiger partial charge in [-0.25, -0.2) is 4.39 Å². The lowest BCUT2D eigenvalue weighted by molar-refractivity contribution is 0.625. The van der Waals surface area contributed by atoms with Crippen LogP contribution in [-0.2, 0) is 0 Å². The van der Waals surface area contributed by atoms with E-state index in [0.717, 1.165) is 26.3 Å². The van der Waals surface area contributed by atoms with Gasteiger partial charge in [0.2, 0.25) is 0 Å². The second-order valence-electron chi connectivity index (χ2n) is 4.49. The second-order valence-corrected chi connectivity index (χ2v) is 5.78. The molecule has 2 aromatic carbocycles. The average molecular weight is 343 g/mol. The summed E-state index contributed by atoms with van der Waals surface area (Å²) in [6.07, 6.45) is 0. The van der Waals surface area contributed by atoms with Crippen molar-refractivity contribution in [3.05, 3.63) is 62.8 Å². The van der Waals surface area contributed by atoms with Crippen molar-refractivity contribution >= 4 is 33.2 Å². The molecule has 1 unspecified atom stereocenters. The van der Waals surface area contributed by atoms with Crippen LogP contribution in [-0.4, -0.2) is 0 Å². The Hall–Kier alpha value is -1.06. The summed E-state index contributed by atoms with van der Waals surface area (Å²) >= 11 is 9.33. The zero-order valence-electron chi connectivity index (χ0n) is 10.7. The van der Waals surface area contributed by atoms with Gasteiger partial charge in [0.15, 0.2) is 0 Å². The van der Waals surface area contributed by atoms with Gasteiger partial charge in [0.05, 0.1) is 0 Å². The van der Waals surface area contributed by atoms with E-state index in [1.807, 2.05) is 32.0 Å². The molecule has 4 heteroatoms. The second kappa shape index (κ2) is 5.93. The van der Waals surface area contributed by atoms with Crippen LogP contribution in [0.4, 0.5) is 10.1 Å². The van der Waals surface area contributed by atoms with Crippen molar-refractivity contribution < 1.29 is 4.39 Å². The molecule has 0 radical (unpaired) electrons. The van der Waals surface area contributed by atoms with Crippen molar-refractivity contribution in [1.29, 1.82) is 0 Å². The van der Waals surface area contributed by atoms with Crippen LogP contribution in [0.15, 0.2) is 40.9 Å². The molecule has 0 aliphatic rings. The maximum Gasteiger partial charge on any atom is 0.124 e. The van der Waals surface area contributed by atoms with E-state index in [0.29, 0.717) is 0 Å². The van der Waals surface area contributed by atoms with E-state index in [1.165, 1.54) is 12.1 Å². The van der Waals surface area contributed by atoms with E-state index in [2.05, 4.69) is 21.2 Å².